The first kappa shape index (κ1) is 13.5. The van der Waals surface area contributed by atoms with Crippen molar-refractivity contribution in [2.24, 2.45) is 5.92 Å². The Labute approximate surface area is 116 Å². The summed E-state index contributed by atoms with van der Waals surface area (Å²) < 4.78 is 0.919. The number of hydrogen-bond donors (Lipinski definition) is 2. The largest absolute Gasteiger partial charge is 0.309 e. The molecule has 0 aliphatic carbocycles. The van der Waals surface area contributed by atoms with Gasteiger partial charge in [0.05, 0.1) is 6.04 Å². The van der Waals surface area contributed by atoms with Crippen molar-refractivity contribution in [2.45, 2.75) is 32.7 Å². The van der Waals surface area contributed by atoms with Gasteiger partial charge < -0.3 is 10.6 Å². The minimum absolute atomic E-state index is 0.0134. The highest BCUT2D eigenvalue weighted by Gasteiger charge is 2.24. The number of nitrogens with one attached hydrogen (secondary N) is 2. The summed E-state index contributed by atoms with van der Waals surface area (Å²) in [5.41, 5.74) is 0.960. The topological polar surface area (TPSA) is 54.0 Å². The molecule has 0 bridgehead atoms. The van der Waals surface area contributed by atoms with Crippen molar-refractivity contribution >= 4 is 27.7 Å². The van der Waals surface area contributed by atoms with Gasteiger partial charge in [0.1, 0.15) is 5.82 Å². The molecule has 1 aromatic heterocycles. The lowest BCUT2D eigenvalue weighted by Crippen LogP contribution is -2.45. The van der Waals surface area contributed by atoms with E-state index in [1.807, 2.05) is 13.0 Å². The number of anilines is 1. The van der Waals surface area contributed by atoms with Gasteiger partial charge in [0, 0.05) is 10.7 Å². The van der Waals surface area contributed by atoms with Crippen molar-refractivity contribution in [3.05, 3.63) is 22.3 Å². The predicted molar refractivity (Wildman–Crippen MR) is 75.5 cm³/mol. The van der Waals surface area contributed by atoms with Gasteiger partial charge in [-0.25, -0.2) is 4.98 Å². The highest BCUT2D eigenvalue weighted by molar-refractivity contribution is 9.10. The maximum Gasteiger partial charge on any atom is 0.242 e. The molecule has 0 spiro atoms. The second-order valence-corrected chi connectivity index (χ2v) is 5.86. The number of nitrogens with zero attached hydrogens (tertiary/aromatic N) is 1. The van der Waals surface area contributed by atoms with E-state index in [4.69, 9.17) is 0 Å². The number of rotatable bonds is 2. The minimum atomic E-state index is -0.0985. The van der Waals surface area contributed by atoms with E-state index in [1.54, 1.807) is 6.20 Å². The van der Waals surface area contributed by atoms with Crippen molar-refractivity contribution in [1.82, 2.24) is 10.3 Å². The van der Waals surface area contributed by atoms with E-state index in [0.29, 0.717) is 11.7 Å². The van der Waals surface area contributed by atoms with Crippen LogP contribution in [0.15, 0.2) is 16.7 Å². The van der Waals surface area contributed by atoms with Crippen LogP contribution in [0.1, 0.15) is 25.3 Å². The molecule has 0 aromatic carbocycles. The summed E-state index contributed by atoms with van der Waals surface area (Å²) in [6.45, 7) is 5.03. The molecule has 0 saturated carbocycles. The molecule has 98 valence electrons. The van der Waals surface area contributed by atoms with Crippen molar-refractivity contribution in [1.29, 1.82) is 0 Å². The fourth-order valence-corrected chi connectivity index (χ4v) is 2.63. The quantitative estimate of drug-likeness (QED) is 0.882. The average Bonchev–Trinajstić information content (AvgIpc) is 2.32. The molecule has 1 aromatic rings. The van der Waals surface area contributed by atoms with Gasteiger partial charge in [0.25, 0.3) is 0 Å². The first-order valence-corrected chi connectivity index (χ1v) is 7.02. The van der Waals surface area contributed by atoms with E-state index in [-0.39, 0.29) is 11.9 Å². The predicted octanol–water partition coefficient (Wildman–Crippen LogP) is 2.48. The molecule has 18 heavy (non-hydrogen) atoms. The van der Waals surface area contributed by atoms with E-state index in [0.717, 1.165) is 29.4 Å². The standard InChI is InChI=1S/C13H18BrN3O/c1-8-3-4-15-11(5-8)13(18)17-12-9(2)6-10(14)7-16-12/h6-8,11,15H,3-5H2,1-2H3,(H,16,17,18). The van der Waals surface area contributed by atoms with Gasteiger partial charge in [-0.05, 0) is 59.8 Å². The summed E-state index contributed by atoms with van der Waals surface area (Å²) in [6, 6.07) is 1.85. The summed E-state index contributed by atoms with van der Waals surface area (Å²) >= 11 is 3.36. The maximum atomic E-state index is 12.1. The number of amides is 1. The third-order valence-electron chi connectivity index (χ3n) is 3.27. The van der Waals surface area contributed by atoms with Crippen molar-refractivity contribution < 1.29 is 4.79 Å². The number of hydrogen-bond acceptors (Lipinski definition) is 3. The third-order valence-corrected chi connectivity index (χ3v) is 3.70. The lowest BCUT2D eigenvalue weighted by atomic mass is 9.94. The number of carbonyl (C=O) groups excluding carboxylic acids is 1. The summed E-state index contributed by atoms with van der Waals surface area (Å²) in [5, 5.41) is 6.15. The zero-order valence-corrected chi connectivity index (χ0v) is 12.3. The van der Waals surface area contributed by atoms with Crippen LogP contribution in [0, 0.1) is 12.8 Å². The second kappa shape index (κ2) is 5.80. The molecule has 1 amide bonds. The van der Waals surface area contributed by atoms with Crippen LogP contribution in [-0.2, 0) is 4.79 Å². The summed E-state index contributed by atoms with van der Waals surface area (Å²) in [7, 11) is 0. The average molecular weight is 312 g/mol. The Morgan fingerprint density at radius 2 is 2.39 bits per heavy atom. The lowest BCUT2D eigenvalue weighted by Gasteiger charge is -2.27. The molecular weight excluding hydrogens is 294 g/mol. The smallest absolute Gasteiger partial charge is 0.242 e. The zero-order valence-electron chi connectivity index (χ0n) is 10.7. The van der Waals surface area contributed by atoms with Crippen LogP contribution in [-0.4, -0.2) is 23.5 Å². The van der Waals surface area contributed by atoms with E-state index < -0.39 is 0 Å². The van der Waals surface area contributed by atoms with Crippen molar-refractivity contribution in [3.63, 3.8) is 0 Å². The Morgan fingerprint density at radius 1 is 1.61 bits per heavy atom. The van der Waals surface area contributed by atoms with Gasteiger partial charge in [0.15, 0.2) is 0 Å². The molecule has 2 N–H and O–H groups in total. The molecule has 2 unspecified atom stereocenters. The van der Waals surface area contributed by atoms with Gasteiger partial charge >= 0.3 is 0 Å². The van der Waals surface area contributed by atoms with Crippen LogP contribution < -0.4 is 10.6 Å². The molecule has 1 aliphatic heterocycles. The molecule has 0 radical (unpaired) electrons. The van der Waals surface area contributed by atoms with Gasteiger partial charge in [-0.15, -0.1) is 0 Å². The van der Waals surface area contributed by atoms with E-state index in [1.165, 1.54) is 0 Å². The first-order chi connectivity index (χ1) is 8.56. The Hall–Kier alpha value is -0.940. The summed E-state index contributed by atoms with van der Waals surface area (Å²) in [4.78, 5) is 16.3. The molecule has 1 aliphatic rings. The number of halogens is 1. The molecule has 4 nitrogen and oxygen atoms in total. The number of aryl methyl sites for hydroxylation is 1. The number of pyridine rings is 1. The van der Waals surface area contributed by atoms with Gasteiger partial charge in [-0.2, -0.15) is 0 Å². The molecule has 2 rings (SSSR count). The van der Waals surface area contributed by atoms with Crippen LogP contribution in [0.4, 0.5) is 5.82 Å². The van der Waals surface area contributed by atoms with Gasteiger partial charge in [-0.3, -0.25) is 4.79 Å². The minimum Gasteiger partial charge on any atom is -0.309 e. The fourth-order valence-electron chi connectivity index (χ4n) is 2.18. The summed E-state index contributed by atoms with van der Waals surface area (Å²) in [5.74, 6) is 1.25. The molecule has 1 saturated heterocycles. The number of piperidine rings is 1. The van der Waals surface area contributed by atoms with E-state index in [2.05, 4.69) is 38.5 Å². The lowest BCUT2D eigenvalue weighted by molar-refractivity contribution is -0.119. The molecular formula is C13H18BrN3O. The normalized spacial score (nSPS) is 23.7. The molecule has 2 heterocycles. The van der Waals surface area contributed by atoms with Crippen LogP contribution in [0.25, 0.3) is 0 Å². The highest BCUT2D eigenvalue weighted by Crippen LogP contribution is 2.19. The van der Waals surface area contributed by atoms with Crippen LogP contribution in [0.5, 0.6) is 0 Å². The number of carbonyl (C=O) groups is 1. The zero-order chi connectivity index (χ0) is 13.1. The highest BCUT2D eigenvalue weighted by atomic mass is 79.9. The summed E-state index contributed by atoms with van der Waals surface area (Å²) in [6.07, 6.45) is 3.72. The Morgan fingerprint density at radius 3 is 3.06 bits per heavy atom. The van der Waals surface area contributed by atoms with E-state index in [9.17, 15) is 4.79 Å². The van der Waals surface area contributed by atoms with Crippen LogP contribution in [0.3, 0.4) is 0 Å². The second-order valence-electron chi connectivity index (χ2n) is 4.94. The number of aromatic nitrogens is 1. The SMILES string of the molecule is Cc1cc(Br)cnc1NC(=O)C1CC(C)CCN1. The molecule has 5 heteroatoms. The Bertz CT molecular complexity index is 450. The van der Waals surface area contributed by atoms with Crippen LogP contribution in [0.2, 0.25) is 0 Å². The molecule has 2 atom stereocenters. The Balaban J connectivity index is 2.02. The third kappa shape index (κ3) is 3.29. The fraction of sp³-hybridized carbons (Fsp3) is 0.538. The van der Waals surface area contributed by atoms with Crippen LogP contribution >= 0.6 is 15.9 Å². The van der Waals surface area contributed by atoms with Crippen molar-refractivity contribution in [2.75, 3.05) is 11.9 Å². The maximum absolute atomic E-state index is 12.1. The Kier molecular flexibility index (Phi) is 4.35. The van der Waals surface area contributed by atoms with Gasteiger partial charge in [0.2, 0.25) is 5.91 Å². The monoisotopic (exact) mass is 311 g/mol. The van der Waals surface area contributed by atoms with E-state index >= 15 is 0 Å². The van der Waals surface area contributed by atoms with Gasteiger partial charge in [-0.1, -0.05) is 6.92 Å². The van der Waals surface area contributed by atoms with Crippen molar-refractivity contribution in [3.8, 4) is 0 Å². The molecule has 1 fully saturated rings. The first-order valence-electron chi connectivity index (χ1n) is 6.22.